The number of aliphatic imine (C=N–C) groups is 1. The fourth-order valence-electron chi connectivity index (χ4n) is 2.88. The average molecular weight is 491 g/mol. The van der Waals surface area contributed by atoms with Crippen molar-refractivity contribution in [2.24, 2.45) is 4.99 Å². The number of guanidine groups is 1. The van der Waals surface area contributed by atoms with E-state index in [4.69, 9.17) is 14.2 Å². The van der Waals surface area contributed by atoms with Crippen molar-refractivity contribution in [1.29, 1.82) is 0 Å². The lowest BCUT2D eigenvalue weighted by Gasteiger charge is -2.22. The highest BCUT2D eigenvalue weighted by Crippen LogP contribution is 2.13. The molecule has 1 atom stereocenters. The van der Waals surface area contributed by atoms with Crippen LogP contribution in [-0.2, 0) is 16.0 Å². The van der Waals surface area contributed by atoms with Gasteiger partial charge in [0.1, 0.15) is 5.75 Å². The first-order valence-corrected chi connectivity index (χ1v) is 9.63. The van der Waals surface area contributed by atoms with Gasteiger partial charge in [0.2, 0.25) is 0 Å². The Hall–Kier alpha value is -1.06. The van der Waals surface area contributed by atoms with Gasteiger partial charge in [-0.25, -0.2) is 0 Å². The van der Waals surface area contributed by atoms with E-state index in [0.29, 0.717) is 26.4 Å². The maximum Gasteiger partial charge on any atom is 0.194 e. The molecule has 1 heterocycles. The second-order valence-corrected chi connectivity index (χ2v) is 6.38. The van der Waals surface area contributed by atoms with Crippen molar-refractivity contribution in [2.45, 2.75) is 39.3 Å². The summed E-state index contributed by atoms with van der Waals surface area (Å²) in [5.41, 5.74) is 1.22. The fraction of sp³-hybridized carbons (Fsp3) is 0.650. The molecular formula is C20H34IN3O3. The SMILES string of the molecule is CCNC(=NCCOCC1CCCO1)N(C)Cc1ccc(OCC)cc1.I. The first-order chi connectivity index (χ1) is 12.7. The molecule has 2 rings (SSSR count). The lowest BCUT2D eigenvalue weighted by atomic mass is 10.2. The lowest BCUT2D eigenvalue weighted by molar-refractivity contribution is 0.0199. The van der Waals surface area contributed by atoms with Gasteiger partial charge in [0, 0.05) is 26.7 Å². The molecule has 6 nitrogen and oxygen atoms in total. The van der Waals surface area contributed by atoms with Gasteiger partial charge in [-0.05, 0) is 44.4 Å². The van der Waals surface area contributed by atoms with Crippen LogP contribution in [0.1, 0.15) is 32.3 Å². The Balaban J connectivity index is 0.00000364. The van der Waals surface area contributed by atoms with Gasteiger partial charge in [-0.1, -0.05) is 12.1 Å². The zero-order valence-corrected chi connectivity index (χ0v) is 19.1. The molecule has 154 valence electrons. The number of nitrogens with zero attached hydrogens (tertiary/aromatic N) is 2. The Morgan fingerprint density at radius 2 is 2.07 bits per heavy atom. The molecule has 0 bridgehead atoms. The molecule has 0 saturated carbocycles. The minimum atomic E-state index is 0. The minimum Gasteiger partial charge on any atom is -0.494 e. The molecule has 27 heavy (non-hydrogen) atoms. The van der Waals surface area contributed by atoms with Crippen molar-refractivity contribution in [2.75, 3.05) is 46.6 Å². The largest absolute Gasteiger partial charge is 0.494 e. The third-order valence-corrected chi connectivity index (χ3v) is 4.18. The van der Waals surface area contributed by atoms with Gasteiger partial charge in [0.05, 0.1) is 32.5 Å². The first-order valence-electron chi connectivity index (χ1n) is 9.63. The third kappa shape index (κ3) is 9.12. The van der Waals surface area contributed by atoms with E-state index in [1.807, 2.05) is 26.1 Å². The summed E-state index contributed by atoms with van der Waals surface area (Å²) in [6.45, 7) is 9.18. The van der Waals surface area contributed by atoms with E-state index in [0.717, 1.165) is 44.2 Å². The number of hydrogen-bond acceptors (Lipinski definition) is 4. The van der Waals surface area contributed by atoms with Crippen LogP contribution < -0.4 is 10.1 Å². The van der Waals surface area contributed by atoms with Crippen molar-refractivity contribution in [3.63, 3.8) is 0 Å². The zero-order valence-electron chi connectivity index (χ0n) is 16.8. The van der Waals surface area contributed by atoms with E-state index in [1.54, 1.807) is 0 Å². The van der Waals surface area contributed by atoms with Gasteiger partial charge in [-0.2, -0.15) is 0 Å². The summed E-state index contributed by atoms with van der Waals surface area (Å²) in [7, 11) is 2.05. The molecule has 0 radical (unpaired) electrons. The topological polar surface area (TPSA) is 55.3 Å². The summed E-state index contributed by atoms with van der Waals surface area (Å²) in [4.78, 5) is 6.79. The van der Waals surface area contributed by atoms with Crippen LogP contribution in [-0.4, -0.2) is 63.5 Å². The smallest absolute Gasteiger partial charge is 0.194 e. The summed E-state index contributed by atoms with van der Waals surface area (Å²) in [6.07, 6.45) is 2.53. The van der Waals surface area contributed by atoms with E-state index in [1.165, 1.54) is 5.56 Å². The van der Waals surface area contributed by atoms with Gasteiger partial charge < -0.3 is 24.4 Å². The highest BCUT2D eigenvalue weighted by Gasteiger charge is 2.15. The Kier molecular flexibility index (Phi) is 12.4. The predicted molar refractivity (Wildman–Crippen MR) is 120 cm³/mol. The number of ether oxygens (including phenoxy) is 3. The Bertz CT molecular complexity index is 534. The molecule has 0 amide bonds. The molecule has 1 unspecified atom stereocenters. The molecule has 1 fully saturated rings. The van der Waals surface area contributed by atoms with Crippen molar-refractivity contribution in [1.82, 2.24) is 10.2 Å². The van der Waals surface area contributed by atoms with Crippen LogP contribution in [0.4, 0.5) is 0 Å². The number of nitrogens with one attached hydrogen (secondary N) is 1. The molecule has 1 saturated heterocycles. The molecule has 1 aliphatic rings. The second-order valence-electron chi connectivity index (χ2n) is 6.38. The van der Waals surface area contributed by atoms with E-state index < -0.39 is 0 Å². The van der Waals surface area contributed by atoms with Gasteiger partial charge in [0.15, 0.2) is 5.96 Å². The first kappa shape index (κ1) is 24.0. The van der Waals surface area contributed by atoms with Gasteiger partial charge in [-0.3, -0.25) is 4.99 Å². The van der Waals surface area contributed by atoms with Crippen LogP contribution in [0.15, 0.2) is 29.3 Å². The molecular weight excluding hydrogens is 457 g/mol. The highest BCUT2D eigenvalue weighted by molar-refractivity contribution is 14.0. The maximum atomic E-state index is 5.69. The van der Waals surface area contributed by atoms with Crippen molar-refractivity contribution < 1.29 is 14.2 Å². The van der Waals surface area contributed by atoms with E-state index in [9.17, 15) is 0 Å². The Labute approximate surface area is 180 Å². The number of halogens is 1. The Morgan fingerprint density at radius 1 is 1.30 bits per heavy atom. The highest BCUT2D eigenvalue weighted by atomic mass is 127. The molecule has 1 N–H and O–H groups in total. The molecule has 7 heteroatoms. The maximum absolute atomic E-state index is 5.69. The number of rotatable bonds is 10. The van der Waals surface area contributed by atoms with Crippen LogP contribution in [0, 0.1) is 0 Å². The van der Waals surface area contributed by atoms with Gasteiger partial charge >= 0.3 is 0 Å². The van der Waals surface area contributed by atoms with E-state index >= 15 is 0 Å². The summed E-state index contributed by atoms with van der Waals surface area (Å²) >= 11 is 0. The third-order valence-electron chi connectivity index (χ3n) is 4.18. The quantitative estimate of drug-likeness (QED) is 0.236. The van der Waals surface area contributed by atoms with E-state index in [2.05, 4.69) is 34.3 Å². The van der Waals surface area contributed by atoms with Crippen LogP contribution in [0.3, 0.4) is 0 Å². The minimum absolute atomic E-state index is 0. The molecule has 1 aliphatic heterocycles. The normalized spacial score (nSPS) is 16.7. The number of hydrogen-bond donors (Lipinski definition) is 1. The number of benzene rings is 1. The van der Waals surface area contributed by atoms with Crippen LogP contribution in [0.2, 0.25) is 0 Å². The fourth-order valence-corrected chi connectivity index (χ4v) is 2.88. The van der Waals surface area contributed by atoms with Crippen LogP contribution in [0.25, 0.3) is 0 Å². The second kappa shape index (κ2) is 14.0. The van der Waals surface area contributed by atoms with Crippen molar-refractivity contribution in [3.8, 4) is 5.75 Å². The molecule has 0 aromatic heterocycles. The van der Waals surface area contributed by atoms with Gasteiger partial charge in [0.25, 0.3) is 0 Å². The van der Waals surface area contributed by atoms with E-state index in [-0.39, 0.29) is 30.1 Å². The molecule has 1 aromatic rings. The van der Waals surface area contributed by atoms with Crippen LogP contribution in [0.5, 0.6) is 5.75 Å². The van der Waals surface area contributed by atoms with Crippen LogP contribution >= 0.6 is 24.0 Å². The van der Waals surface area contributed by atoms with Crippen molar-refractivity contribution in [3.05, 3.63) is 29.8 Å². The molecule has 0 aliphatic carbocycles. The Morgan fingerprint density at radius 3 is 2.70 bits per heavy atom. The van der Waals surface area contributed by atoms with Crippen molar-refractivity contribution >= 4 is 29.9 Å². The lowest BCUT2D eigenvalue weighted by Crippen LogP contribution is -2.38. The zero-order chi connectivity index (χ0) is 18.6. The summed E-state index contributed by atoms with van der Waals surface area (Å²) < 4.78 is 16.7. The predicted octanol–water partition coefficient (Wildman–Crippen LogP) is 3.30. The average Bonchev–Trinajstić information content (AvgIpc) is 3.16. The summed E-state index contributed by atoms with van der Waals surface area (Å²) in [6, 6.07) is 8.21. The van der Waals surface area contributed by atoms with Gasteiger partial charge in [-0.15, -0.1) is 24.0 Å². The molecule has 1 aromatic carbocycles. The molecule has 0 spiro atoms. The monoisotopic (exact) mass is 491 g/mol. The summed E-state index contributed by atoms with van der Waals surface area (Å²) in [5.74, 6) is 1.80. The summed E-state index contributed by atoms with van der Waals surface area (Å²) in [5, 5.41) is 3.34. The standard InChI is InChI=1S/C20H33N3O3.HI/c1-4-21-20(22-12-14-24-16-19-7-6-13-26-19)23(3)15-17-8-10-18(11-9-17)25-5-2;/h8-11,19H,4-7,12-16H2,1-3H3,(H,21,22);1H.